The van der Waals surface area contributed by atoms with Gasteiger partial charge < -0.3 is 0 Å². The van der Waals surface area contributed by atoms with Crippen molar-refractivity contribution in [3.05, 3.63) is 36.2 Å². The van der Waals surface area contributed by atoms with Gasteiger partial charge >= 0.3 is 0 Å². The summed E-state index contributed by atoms with van der Waals surface area (Å²) in [6.45, 7) is 1.97. The second-order valence-corrected chi connectivity index (χ2v) is 7.93. The molecule has 0 N–H and O–H groups in total. The molecule has 0 saturated heterocycles. The van der Waals surface area contributed by atoms with Crippen LogP contribution in [0.2, 0.25) is 0 Å². The van der Waals surface area contributed by atoms with Gasteiger partial charge in [0, 0.05) is 0 Å². The summed E-state index contributed by atoms with van der Waals surface area (Å²) in [6, 6.07) is 8.26. The summed E-state index contributed by atoms with van der Waals surface area (Å²) < 4.78 is 6.01. The normalized spacial score (nSPS) is 12.0. The van der Waals surface area contributed by atoms with E-state index < -0.39 is 0 Å². The number of imidazole rings is 1. The molecule has 0 aliphatic heterocycles. The van der Waals surface area contributed by atoms with Gasteiger partial charge in [-0.05, 0) is 30.8 Å². The lowest BCUT2D eigenvalue weighted by Gasteiger charge is -1.95. The minimum absolute atomic E-state index is 0.834. The smallest absolute Gasteiger partial charge is 0.217 e. The zero-order valence-electron chi connectivity index (χ0n) is 11.3. The molecule has 0 bridgehead atoms. The lowest BCUT2D eigenvalue weighted by molar-refractivity contribution is 0.899. The van der Waals surface area contributed by atoms with E-state index >= 15 is 0 Å². The van der Waals surface area contributed by atoms with E-state index in [-0.39, 0.29) is 0 Å². The fourth-order valence-corrected chi connectivity index (χ4v) is 5.27. The number of hydrogen-bond donors (Lipinski definition) is 0. The monoisotopic (exact) mass is 344 g/mol. The summed E-state index contributed by atoms with van der Waals surface area (Å²) >= 11 is 4.72. The molecule has 22 heavy (non-hydrogen) atoms. The Bertz CT molecular complexity index is 1100. The Morgan fingerprint density at radius 2 is 2.00 bits per heavy atom. The van der Waals surface area contributed by atoms with Gasteiger partial charge in [0.1, 0.15) is 0 Å². The highest BCUT2D eigenvalue weighted by atomic mass is 32.2. The Balaban J connectivity index is 1.64. The van der Waals surface area contributed by atoms with Crippen molar-refractivity contribution in [1.29, 1.82) is 0 Å². The number of rotatable bonds is 2. The number of aromatic nitrogens is 6. The lowest BCUT2D eigenvalue weighted by atomic mass is 10.3. The average Bonchev–Trinajstić information content (AvgIpc) is 3.19. The molecule has 0 amide bonds. The van der Waals surface area contributed by atoms with Crippen molar-refractivity contribution in [2.45, 2.75) is 16.4 Å². The first-order valence-corrected chi connectivity index (χ1v) is 8.96. The maximum atomic E-state index is 4.54. The van der Waals surface area contributed by atoms with Crippen LogP contribution in [0.25, 0.3) is 20.1 Å². The van der Waals surface area contributed by atoms with E-state index in [9.17, 15) is 0 Å². The molecular formula is C13H8N6S3. The molecule has 0 spiro atoms. The molecule has 108 valence electrons. The largest absolute Gasteiger partial charge is 0.260 e. The van der Waals surface area contributed by atoms with Crippen LogP contribution in [0.15, 0.2) is 40.0 Å². The van der Waals surface area contributed by atoms with E-state index in [1.54, 1.807) is 22.7 Å². The standard InChI is InChI=1S/C13H8N6S3/c1-7-6-18-10(14-7)21-13(17-18)22-12-16-15-11-19(12)8-4-2-3-5-9(8)20-11/h2-6H,1H3. The molecule has 0 fully saturated rings. The molecular weight excluding hydrogens is 336 g/mol. The highest BCUT2D eigenvalue weighted by Gasteiger charge is 2.15. The third kappa shape index (κ3) is 1.79. The van der Waals surface area contributed by atoms with Gasteiger partial charge in [0.25, 0.3) is 0 Å². The van der Waals surface area contributed by atoms with E-state index in [2.05, 4.69) is 36.8 Å². The Kier molecular flexibility index (Phi) is 2.58. The zero-order valence-corrected chi connectivity index (χ0v) is 13.7. The SMILES string of the molecule is Cc1cn2nc(Sc3nnc4sc5ccccc5n34)sc2n1. The number of nitrogens with zero attached hydrogens (tertiary/aromatic N) is 6. The Hall–Kier alpha value is -1.97. The molecule has 0 aliphatic carbocycles. The topological polar surface area (TPSA) is 60.4 Å². The van der Waals surface area contributed by atoms with Crippen LogP contribution in [0, 0.1) is 6.92 Å². The van der Waals surface area contributed by atoms with Gasteiger partial charge in [0.05, 0.1) is 22.1 Å². The van der Waals surface area contributed by atoms with Crippen LogP contribution in [-0.4, -0.2) is 29.2 Å². The number of thiazole rings is 1. The van der Waals surface area contributed by atoms with Crippen molar-refractivity contribution < 1.29 is 0 Å². The Labute approximate surface area is 136 Å². The summed E-state index contributed by atoms with van der Waals surface area (Å²) in [5.41, 5.74) is 2.11. The predicted octanol–water partition coefficient (Wildman–Crippen LogP) is 3.51. The Morgan fingerprint density at radius 3 is 2.91 bits per heavy atom. The van der Waals surface area contributed by atoms with Crippen LogP contribution in [0.4, 0.5) is 0 Å². The van der Waals surface area contributed by atoms with E-state index in [0.29, 0.717) is 0 Å². The number of para-hydroxylation sites is 1. The van der Waals surface area contributed by atoms with Crippen molar-refractivity contribution >= 4 is 54.6 Å². The second-order valence-electron chi connectivity index (χ2n) is 4.75. The Morgan fingerprint density at radius 1 is 1.09 bits per heavy atom. The van der Waals surface area contributed by atoms with E-state index in [0.717, 1.165) is 30.6 Å². The highest BCUT2D eigenvalue weighted by Crippen LogP contribution is 2.34. The van der Waals surface area contributed by atoms with Gasteiger partial charge in [0.2, 0.25) is 15.1 Å². The van der Waals surface area contributed by atoms with Crippen LogP contribution in [0.1, 0.15) is 5.69 Å². The third-order valence-electron chi connectivity index (χ3n) is 3.23. The van der Waals surface area contributed by atoms with Gasteiger partial charge in [-0.1, -0.05) is 34.8 Å². The number of hydrogen-bond acceptors (Lipinski definition) is 7. The molecule has 0 radical (unpaired) electrons. The minimum Gasteiger partial charge on any atom is -0.260 e. The predicted molar refractivity (Wildman–Crippen MR) is 88.1 cm³/mol. The molecule has 0 saturated carbocycles. The molecule has 5 aromatic rings. The molecule has 4 aromatic heterocycles. The van der Waals surface area contributed by atoms with Crippen molar-refractivity contribution in [1.82, 2.24) is 29.2 Å². The molecule has 1 aromatic carbocycles. The maximum Gasteiger partial charge on any atom is 0.217 e. The van der Waals surface area contributed by atoms with Crippen molar-refractivity contribution in [3.63, 3.8) is 0 Å². The summed E-state index contributed by atoms with van der Waals surface area (Å²) in [5.74, 6) is 0. The van der Waals surface area contributed by atoms with Gasteiger partial charge in [-0.25, -0.2) is 9.50 Å². The lowest BCUT2D eigenvalue weighted by Crippen LogP contribution is -1.86. The summed E-state index contributed by atoms with van der Waals surface area (Å²) in [7, 11) is 0. The van der Waals surface area contributed by atoms with Crippen LogP contribution >= 0.6 is 34.4 Å². The first-order valence-electron chi connectivity index (χ1n) is 6.51. The maximum absolute atomic E-state index is 4.54. The first-order chi connectivity index (χ1) is 10.8. The molecule has 4 heterocycles. The number of benzene rings is 1. The second kappa shape index (κ2) is 4.51. The minimum atomic E-state index is 0.834. The van der Waals surface area contributed by atoms with Crippen molar-refractivity contribution in [3.8, 4) is 0 Å². The summed E-state index contributed by atoms with van der Waals surface area (Å²) in [5, 5.41) is 13.9. The van der Waals surface area contributed by atoms with Crippen LogP contribution in [0.3, 0.4) is 0 Å². The highest BCUT2D eigenvalue weighted by molar-refractivity contribution is 8.01. The van der Waals surface area contributed by atoms with Gasteiger partial charge in [-0.2, -0.15) is 0 Å². The van der Waals surface area contributed by atoms with E-state index in [1.165, 1.54) is 16.5 Å². The zero-order chi connectivity index (χ0) is 14.7. The van der Waals surface area contributed by atoms with Crippen LogP contribution in [-0.2, 0) is 0 Å². The average molecular weight is 344 g/mol. The fourth-order valence-electron chi connectivity index (χ4n) is 2.33. The third-order valence-corrected chi connectivity index (χ3v) is 6.17. The molecule has 6 nitrogen and oxygen atoms in total. The van der Waals surface area contributed by atoms with Crippen molar-refractivity contribution in [2.75, 3.05) is 0 Å². The summed E-state index contributed by atoms with van der Waals surface area (Å²) in [4.78, 5) is 6.23. The number of fused-ring (bicyclic) bond motifs is 4. The molecule has 0 atom stereocenters. The first kappa shape index (κ1) is 12.6. The molecule has 0 unspecified atom stereocenters. The van der Waals surface area contributed by atoms with Crippen LogP contribution < -0.4 is 0 Å². The van der Waals surface area contributed by atoms with Gasteiger partial charge in [0.15, 0.2) is 4.34 Å². The molecule has 5 rings (SSSR count). The van der Waals surface area contributed by atoms with Crippen LogP contribution in [0.5, 0.6) is 0 Å². The van der Waals surface area contributed by atoms with E-state index in [1.807, 2.05) is 29.8 Å². The molecule has 0 aliphatic rings. The number of aryl methyl sites for hydroxylation is 1. The quantitative estimate of drug-likeness (QED) is 0.490. The van der Waals surface area contributed by atoms with Crippen molar-refractivity contribution in [2.24, 2.45) is 0 Å². The van der Waals surface area contributed by atoms with E-state index in [4.69, 9.17) is 0 Å². The van der Waals surface area contributed by atoms with Gasteiger partial charge in [-0.15, -0.1) is 15.3 Å². The van der Waals surface area contributed by atoms with Gasteiger partial charge in [-0.3, -0.25) is 4.40 Å². The summed E-state index contributed by atoms with van der Waals surface area (Å²) in [6.07, 6.45) is 1.93. The fraction of sp³-hybridized carbons (Fsp3) is 0.0769. The molecule has 9 heteroatoms.